The Hall–Kier alpha value is -1.71. The Labute approximate surface area is 107 Å². The van der Waals surface area contributed by atoms with Crippen molar-refractivity contribution < 1.29 is 19.7 Å². The Morgan fingerprint density at radius 2 is 2.00 bits per heavy atom. The van der Waals surface area contributed by atoms with Crippen molar-refractivity contribution in [3.8, 4) is 11.5 Å². The third kappa shape index (κ3) is 3.39. The van der Waals surface area contributed by atoms with Crippen LogP contribution in [0.15, 0.2) is 18.2 Å². The molecule has 0 spiro atoms. The molecule has 4 heteroatoms. The lowest BCUT2D eigenvalue weighted by molar-refractivity contribution is -0.146. The maximum atomic E-state index is 11.1. The number of phenolic OH excluding ortho intramolecular Hbond substituents is 1. The van der Waals surface area contributed by atoms with Gasteiger partial charge in [-0.25, -0.2) is 0 Å². The van der Waals surface area contributed by atoms with Gasteiger partial charge in [-0.05, 0) is 46.2 Å². The molecule has 0 aliphatic carbocycles. The molecule has 0 aliphatic rings. The molecule has 0 fully saturated rings. The minimum absolute atomic E-state index is 0.0292. The van der Waals surface area contributed by atoms with E-state index in [0.717, 1.165) is 0 Å². The van der Waals surface area contributed by atoms with Crippen LogP contribution in [0.1, 0.15) is 33.3 Å². The van der Waals surface area contributed by atoms with Crippen LogP contribution in [0.2, 0.25) is 0 Å². The Morgan fingerprint density at radius 3 is 2.50 bits per heavy atom. The standard InChI is InChI=1S/C14H20O4/c1-9(2)18-12-7-5-6-11(15)10(12)8-14(3,4)13(16)17/h5-7,9,15H,8H2,1-4H3,(H,16,17). The van der Waals surface area contributed by atoms with Gasteiger partial charge in [0, 0.05) is 5.56 Å². The van der Waals surface area contributed by atoms with Gasteiger partial charge in [-0.2, -0.15) is 0 Å². The highest BCUT2D eigenvalue weighted by molar-refractivity contribution is 5.74. The quantitative estimate of drug-likeness (QED) is 0.845. The second kappa shape index (κ2) is 5.29. The van der Waals surface area contributed by atoms with Gasteiger partial charge in [-0.1, -0.05) is 6.07 Å². The molecule has 0 aliphatic heterocycles. The second-order valence-corrected chi connectivity index (χ2v) is 5.29. The highest BCUT2D eigenvalue weighted by Gasteiger charge is 2.30. The molecule has 2 N–H and O–H groups in total. The lowest BCUT2D eigenvalue weighted by Crippen LogP contribution is -2.26. The molecule has 0 saturated heterocycles. The number of aliphatic carboxylic acids is 1. The maximum Gasteiger partial charge on any atom is 0.309 e. The minimum atomic E-state index is -0.950. The Kier molecular flexibility index (Phi) is 4.22. The summed E-state index contributed by atoms with van der Waals surface area (Å²) in [7, 11) is 0. The molecule has 0 amide bonds. The van der Waals surface area contributed by atoms with Crippen LogP contribution in [0.3, 0.4) is 0 Å². The van der Waals surface area contributed by atoms with Gasteiger partial charge in [-0.15, -0.1) is 0 Å². The third-order valence-corrected chi connectivity index (χ3v) is 2.67. The van der Waals surface area contributed by atoms with E-state index < -0.39 is 11.4 Å². The van der Waals surface area contributed by atoms with E-state index in [-0.39, 0.29) is 18.3 Å². The first-order valence-electron chi connectivity index (χ1n) is 5.95. The van der Waals surface area contributed by atoms with Crippen molar-refractivity contribution in [2.45, 2.75) is 40.2 Å². The molecule has 0 heterocycles. The molecule has 1 aromatic rings. The topological polar surface area (TPSA) is 66.8 Å². The number of carbonyl (C=O) groups is 1. The molecule has 0 saturated carbocycles. The number of carboxylic acid groups (broad SMARTS) is 1. The molecule has 1 aromatic carbocycles. The van der Waals surface area contributed by atoms with Crippen molar-refractivity contribution in [3.05, 3.63) is 23.8 Å². The van der Waals surface area contributed by atoms with Gasteiger partial charge < -0.3 is 14.9 Å². The molecule has 18 heavy (non-hydrogen) atoms. The van der Waals surface area contributed by atoms with Gasteiger partial charge in [0.1, 0.15) is 11.5 Å². The molecule has 0 bridgehead atoms. The summed E-state index contributed by atoms with van der Waals surface area (Å²) in [4.78, 5) is 11.1. The number of hydrogen-bond donors (Lipinski definition) is 2. The smallest absolute Gasteiger partial charge is 0.309 e. The molecular weight excluding hydrogens is 232 g/mol. The van der Waals surface area contributed by atoms with Crippen LogP contribution >= 0.6 is 0 Å². The van der Waals surface area contributed by atoms with Crippen molar-refractivity contribution in [2.24, 2.45) is 5.41 Å². The SMILES string of the molecule is CC(C)Oc1cccc(O)c1CC(C)(C)C(=O)O. The minimum Gasteiger partial charge on any atom is -0.508 e. The Balaban J connectivity index is 3.10. The first-order chi connectivity index (χ1) is 8.24. The van der Waals surface area contributed by atoms with Crippen molar-refractivity contribution >= 4 is 5.97 Å². The van der Waals surface area contributed by atoms with Crippen LogP contribution in [0.25, 0.3) is 0 Å². The van der Waals surface area contributed by atoms with Gasteiger partial charge in [0.25, 0.3) is 0 Å². The summed E-state index contributed by atoms with van der Waals surface area (Å²) in [6.07, 6.45) is 0.190. The lowest BCUT2D eigenvalue weighted by atomic mass is 9.85. The number of ether oxygens (including phenoxy) is 1. The first kappa shape index (κ1) is 14.4. The maximum absolute atomic E-state index is 11.1. The number of benzene rings is 1. The van der Waals surface area contributed by atoms with Crippen LogP contribution in [0.4, 0.5) is 0 Å². The average molecular weight is 252 g/mol. The third-order valence-electron chi connectivity index (χ3n) is 2.67. The summed E-state index contributed by atoms with van der Waals surface area (Å²) in [5.74, 6) is -0.289. The van der Waals surface area contributed by atoms with Crippen LogP contribution in [0.5, 0.6) is 11.5 Å². The van der Waals surface area contributed by atoms with E-state index in [1.54, 1.807) is 32.0 Å². The van der Waals surface area contributed by atoms with Crippen LogP contribution in [-0.2, 0) is 11.2 Å². The van der Waals surface area contributed by atoms with E-state index in [1.165, 1.54) is 0 Å². The van der Waals surface area contributed by atoms with Crippen molar-refractivity contribution in [1.29, 1.82) is 0 Å². The molecule has 1 rings (SSSR count). The predicted octanol–water partition coefficient (Wildman–Crippen LogP) is 2.83. The summed E-state index contributed by atoms with van der Waals surface area (Å²) in [6.45, 7) is 7.02. The largest absolute Gasteiger partial charge is 0.508 e. The van der Waals surface area contributed by atoms with Gasteiger partial charge in [-0.3, -0.25) is 4.79 Å². The van der Waals surface area contributed by atoms with Gasteiger partial charge in [0.05, 0.1) is 11.5 Å². The summed E-state index contributed by atoms with van der Waals surface area (Å²) in [5, 5.41) is 19.0. The number of phenols is 1. The Bertz CT molecular complexity index is 435. The number of carboxylic acids is 1. The molecule has 0 unspecified atom stereocenters. The van der Waals surface area contributed by atoms with Gasteiger partial charge in [0.15, 0.2) is 0 Å². The van der Waals surface area contributed by atoms with Crippen molar-refractivity contribution in [2.75, 3.05) is 0 Å². The number of aromatic hydroxyl groups is 1. The van der Waals surface area contributed by atoms with E-state index in [1.807, 2.05) is 13.8 Å². The van der Waals surface area contributed by atoms with Crippen LogP contribution in [0, 0.1) is 5.41 Å². The van der Waals surface area contributed by atoms with E-state index >= 15 is 0 Å². The average Bonchev–Trinajstić information content (AvgIpc) is 2.22. The second-order valence-electron chi connectivity index (χ2n) is 5.29. The first-order valence-corrected chi connectivity index (χ1v) is 5.95. The van der Waals surface area contributed by atoms with E-state index in [4.69, 9.17) is 9.84 Å². The number of rotatable bonds is 5. The normalized spacial score (nSPS) is 11.6. The summed E-state index contributed by atoms with van der Waals surface area (Å²) in [6, 6.07) is 4.97. The van der Waals surface area contributed by atoms with Gasteiger partial charge >= 0.3 is 5.97 Å². The lowest BCUT2D eigenvalue weighted by Gasteiger charge is -2.22. The summed E-state index contributed by atoms with van der Waals surface area (Å²) < 4.78 is 5.60. The highest BCUT2D eigenvalue weighted by atomic mass is 16.5. The fourth-order valence-corrected chi connectivity index (χ4v) is 1.61. The number of hydrogen-bond acceptors (Lipinski definition) is 3. The van der Waals surface area contributed by atoms with E-state index in [0.29, 0.717) is 11.3 Å². The predicted molar refractivity (Wildman–Crippen MR) is 69.0 cm³/mol. The molecule has 0 aromatic heterocycles. The van der Waals surface area contributed by atoms with Gasteiger partial charge in [0.2, 0.25) is 0 Å². The molecule has 4 nitrogen and oxygen atoms in total. The molecule has 0 radical (unpaired) electrons. The molecular formula is C14H20O4. The highest BCUT2D eigenvalue weighted by Crippen LogP contribution is 2.34. The monoisotopic (exact) mass is 252 g/mol. The van der Waals surface area contributed by atoms with Crippen LogP contribution in [-0.4, -0.2) is 22.3 Å². The molecule has 0 atom stereocenters. The Morgan fingerprint density at radius 1 is 1.39 bits per heavy atom. The van der Waals surface area contributed by atoms with Crippen LogP contribution < -0.4 is 4.74 Å². The van der Waals surface area contributed by atoms with E-state index in [2.05, 4.69) is 0 Å². The van der Waals surface area contributed by atoms with Crippen molar-refractivity contribution in [1.82, 2.24) is 0 Å². The zero-order valence-electron chi connectivity index (χ0n) is 11.2. The van der Waals surface area contributed by atoms with Crippen molar-refractivity contribution in [3.63, 3.8) is 0 Å². The zero-order valence-corrected chi connectivity index (χ0v) is 11.2. The zero-order chi connectivity index (χ0) is 13.9. The molecule has 100 valence electrons. The van der Waals surface area contributed by atoms with E-state index in [9.17, 15) is 9.90 Å². The summed E-state index contributed by atoms with van der Waals surface area (Å²) in [5.41, 5.74) is -0.410. The fourth-order valence-electron chi connectivity index (χ4n) is 1.61. The summed E-state index contributed by atoms with van der Waals surface area (Å²) >= 11 is 0. The fraction of sp³-hybridized carbons (Fsp3) is 0.500.